The van der Waals surface area contributed by atoms with Gasteiger partial charge in [-0.15, -0.1) is 17.7 Å². The van der Waals surface area contributed by atoms with Crippen LogP contribution in [0.15, 0.2) is 12.7 Å². The van der Waals surface area contributed by atoms with Crippen molar-refractivity contribution in [3.05, 3.63) is 12.7 Å². The minimum atomic E-state index is -1.95. The first-order valence-electron chi connectivity index (χ1n) is 7.02. The molecule has 0 bridgehead atoms. The van der Waals surface area contributed by atoms with E-state index in [2.05, 4.69) is 29.6 Å². The summed E-state index contributed by atoms with van der Waals surface area (Å²) in [6.45, 7) is 10.6. The van der Waals surface area contributed by atoms with Crippen LogP contribution in [-0.2, 0) is 0 Å². The largest absolute Gasteiger partial charge is 0.311 e. The zero-order valence-corrected chi connectivity index (χ0v) is 12.9. The molecule has 98 valence electrons. The first-order chi connectivity index (χ1) is 8.19. The molecular formula is C13H25ClN2Si. The van der Waals surface area contributed by atoms with E-state index in [4.69, 9.17) is 11.1 Å². The van der Waals surface area contributed by atoms with E-state index in [1.54, 1.807) is 0 Å². The highest BCUT2D eigenvalue weighted by atomic mass is 35.6. The van der Waals surface area contributed by atoms with Gasteiger partial charge in [0.15, 0.2) is 0 Å². The SMILES string of the molecule is C=CC[Si]1(Cl)N(CC)[C@@H]2CCCC[C@H]2N1CC. The van der Waals surface area contributed by atoms with Crippen molar-refractivity contribution in [1.82, 2.24) is 9.13 Å². The molecule has 1 aliphatic carbocycles. The second kappa shape index (κ2) is 5.43. The summed E-state index contributed by atoms with van der Waals surface area (Å²) < 4.78 is 5.28. The van der Waals surface area contributed by atoms with Gasteiger partial charge in [0.05, 0.1) is 0 Å². The summed E-state index contributed by atoms with van der Waals surface area (Å²) in [5, 5.41) is 0. The second-order valence-corrected chi connectivity index (χ2v) is 10.0. The molecule has 0 aromatic rings. The minimum Gasteiger partial charge on any atom is -0.295 e. The highest BCUT2D eigenvalue weighted by Gasteiger charge is 2.57. The Morgan fingerprint density at radius 1 is 1.18 bits per heavy atom. The molecule has 0 unspecified atom stereocenters. The summed E-state index contributed by atoms with van der Waals surface area (Å²) in [5.74, 6) is 0. The van der Waals surface area contributed by atoms with Gasteiger partial charge in [-0.05, 0) is 25.9 Å². The molecule has 2 nitrogen and oxygen atoms in total. The lowest BCUT2D eigenvalue weighted by atomic mass is 9.90. The van der Waals surface area contributed by atoms with Crippen LogP contribution >= 0.6 is 11.1 Å². The molecule has 2 aliphatic rings. The Morgan fingerprint density at radius 2 is 1.65 bits per heavy atom. The number of hydrogen-bond acceptors (Lipinski definition) is 2. The van der Waals surface area contributed by atoms with Crippen LogP contribution in [0.25, 0.3) is 0 Å². The highest BCUT2D eigenvalue weighted by Crippen LogP contribution is 2.43. The molecule has 17 heavy (non-hydrogen) atoms. The zero-order valence-electron chi connectivity index (χ0n) is 11.2. The summed E-state index contributed by atoms with van der Waals surface area (Å²) in [6.07, 6.45) is 7.47. The van der Waals surface area contributed by atoms with Gasteiger partial charge in [-0.1, -0.05) is 32.8 Å². The van der Waals surface area contributed by atoms with Crippen molar-refractivity contribution in [3.63, 3.8) is 0 Å². The van der Waals surface area contributed by atoms with Crippen LogP contribution in [0, 0.1) is 0 Å². The van der Waals surface area contributed by atoms with E-state index in [-0.39, 0.29) is 0 Å². The van der Waals surface area contributed by atoms with Crippen molar-refractivity contribution >= 4 is 18.8 Å². The fraction of sp³-hybridized carbons (Fsp3) is 0.846. The third-order valence-corrected chi connectivity index (χ3v) is 10.1. The van der Waals surface area contributed by atoms with Gasteiger partial charge < -0.3 is 0 Å². The monoisotopic (exact) mass is 272 g/mol. The lowest BCUT2D eigenvalue weighted by Gasteiger charge is -2.35. The quantitative estimate of drug-likeness (QED) is 0.440. The average Bonchev–Trinajstić information content (AvgIpc) is 2.56. The van der Waals surface area contributed by atoms with Crippen molar-refractivity contribution in [2.75, 3.05) is 13.1 Å². The van der Waals surface area contributed by atoms with Crippen molar-refractivity contribution in [2.45, 2.75) is 57.7 Å². The third-order valence-electron chi connectivity index (χ3n) is 4.46. The Kier molecular flexibility index (Phi) is 4.34. The van der Waals surface area contributed by atoms with Crippen LogP contribution in [0.5, 0.6) is 0 Å². The lowest BCUT2D eigenvalue weighted by Crippen LogP contribution is -2.55. The van der Waals surface area contributed by atoms with E-state index in [9.17, 15) is 0 Å². The lowest BCUT2D eigenvalue weighted by molar-refractivity contribution is 0.210. The van der Waals surface area contributed by atoms with Gasteiger partial charge in [-0.3, -0.25) is 9.13 Å². The summed E-state index contributed by atoms with van der Waals surface area (Å²) >= 11 is 7.10. The zero-order chi connectivity index (χ0) is 12.5. The minimum absolute atomic E-state index is 0.720. The Balaban J connectivity index is 2.30. The molecule has 2 rings (SSSR count). The Labute approximate surface area is 111 Å². The van der Waals surface area contributed by atoms with E-state index in [1.165, 1.54) is 25.7 Å². The molecule has 2 fully saturated rings. The van der Waals surface area contributed by atoms with Gasteiger partial charge in [-0.25, -0.2) is 0 Å². The molecule has 0 radical (unpaired) electrons. The van der Waals surface area contributed by atoms with Gasteiger partial charge in [-0.2, -0.15) is 0 Å². The molecule has 0 aromatic heterocycles. The summed E-state index contributed by atoms with van der Waals surface area (Å²) in [6, 6.07) is 2.43. The van der Waals surface area contributed by atoms with Crippen molar-refractivity contribution in [1.29, 1.82) is 0 Å². The van der Waals surface area contributed by atoms with E-state index in [0.29, 0.717) is 0 Å². The van der Waals surface area contributed by atoms with Gasteiger partial charge in [0.1, 0.15) is 0 Å². The van der Waals surface area contributed by atoms with Crippen LogP contribution in [0.3, 0.4) is 0 Å². The second-order valence-electron chi connectivity index (χ2n) is 5.20. The maximum Gasteiger partial charge on any atom is 0.311 e. The Morgan fingerprint density at radius 3 is 2.00 bits per heavy atom. The molecule has 1 aliphatic heterocycles. The fourth-order valence-corrected chi connectivity index (χ4v) is 9.41. The Bertz CT molecular complexity index is 265. The summed E-state index contributed by atoms with van der Waals surface area (Å²) in [5.41, 5.74) is 0. The van der Waals surface area contributed by atoms with Crippen LogP contribution in [0.4, 0.5) is 0 Å². The van der Waals surface area contributed by atoms with E-state index in [0.717, 1.165) is 31.2 Å². The van der Waals surface area contributed by atoms with Gasteiger partial charge in [0, 0.05) is 18.1 Å². The maximum absolute atomic E-state index is 7.10. The molecule has 1 heterocycles. The van der Waals surface area contributed by atoms with E-state index in [1.807, 2.05) is 6.08 Å². The standard InChI is InChI=1S/C13H25ClN2Si/c1-4-11-17(14)15(5-2)12-9-7-8-10-13(12)16(17)6-3/h4,12-13H,1,5-11H2,2-3H3/t12-,13-/m1/s1. The molecule has 0 amide bonds. The Hall–Kier alpha value is 0.167. The molecule has 2 atom stereocenters. The van der Waals surface area contributed by atoms with Crippen LogP contribution in [-0.4, -0.2) is 42.0 Å². The molecule has 0 spiro atoms. The first-order valence-corrected chi connectivity index (χ1v) is 10.1. The smallest absolute Gasteiger partial charge is 0.295 e. The van der Waals surface area contributed by atoms with Crippen molar-refractivity contribution < 1.29 is 0 Å². The van der Waals surface area contributed by atoms with Crippen LogP contribution < -0.4 is 0 Å². The van der Waals surface area contributed by atoms with E-state index < -0.39 is 7.71 Å². The maximum atomic E-state index is 7.10. The average molecular weight is 273 g/mol. The topological polar surface area (TPSA) is 6.48 Å². The predicted molar refractivity (Wildman–Crippen MR) is 77.4 cm³/mol. The summed E-state index contributed by atoms with van der Waals surface area (Å²) in [7, 11) is -1.95. The number of fused-ring (bicyclic) bond motifs is 1. The van der Waals surface area contributed by atoms with Crippen LogP contribution in [0.1, 0.15) is 39.5 Å². The number of hydrogen-bond donors (Lipinski definition) is 0. The number of nitrogens with zero attached hydrogens (tertiary/aromatic N) is 2. The number of halogens is 1. The van der Waals surface area contributed by atoms with E-state index >= 15 is 0 Å². The van der Waals surface area contributed by atoms with Crippen molar-refractivity contribution in [2.24, 2.45) is 0 Å². The van der Waals surface area contributed by atoms with Crippen LogP contribution in [0.2, 0.25) is 6.04 Å². The molecule has 0 aromatic carbocycles. The number of allylic oxidation sites excluding steroid dienone is 1. The molecule has 4 heteroatoms. The number of rotatable bonds is 4. The van der Waals surface area contributed by atoms with Crippen molar-refractivity contribution in [3.8, 4) is 0 Å². The number of likely N-dealkylation sites (N-methyl/N-ethyl adjacent to an activating group) is 2. The first kappa shape index (κ1) is 13.6. The van der Waals surface area contributed by atoms with Gasteiger partial charge >= 0.3 is 7.71 Å². The van der Waals surface area contributed by atoms with Gasteiger partial charge in [0.25, 0.3) is 0 Å². The fourth-order valence-electron chi connectivity index (χ4n) is 3.86. The third kappa shape index (κ3) is 2.12. The molecule has 1 saturated heterocycles. The van der Waals surface area contributed by atoms with Gasteiger partial charge in [0.2, 0.25) is 0 Å². The summed E-state index contributed by atoms with van der Waals surface area (Å²) in [4.78, 5) is 0. The molecule has 0 N–H and O–H groups in total. The molecular weight excluding hydrogens is 248 g/mol. The predicted octanol–water partition coefficient (Wildman–Crippen LogP) is 3.32. The highest BCUT2D eigenvalue weighted by molar-refractivity contribution is 7.17. The molecule has 1 saturated carbocycles. The normalized spacial score (nSPS) is 33.6.